The Hall–Kier alpha value is -2.32. The van der Waals surface area contributed by atoms with Gasteiger partial charge < -0.3 is 10.6 Å². The summed E-state index contributed by atoms with van der Waals surface area (Å²) in [7, 11) is 0. The van der Waals surface area contributed by atoms with Crippen molar-refractivity contribution in [2.24, 2.45) is 0 Å². The van der Waals surface area contributed by atoms with Crippen molar-refractivity contribution >= 4 is 46.5 Å². The lowest BCUT2D eigenvalue weighted by atomic mass is 10.1. The second-order valence-electron chi connectivity index (χ2n) is 4.93. The van der Waals surface area contributed by atoms with Gasteiger partial charge in [-0.1, -0.05) is 40.9 Å². The minimum Gasteiger partial charge on any atom is -0.315 e. The largest absolute Gasteiger partial charge is 0.471 e. The molecular weight excluding hydrogens is 382 g/mol. The first kappa shape index (κ1) is 19.0. The normalized spacial score (nSPS) is 11.1. The molecule has 0 radical (unpaired) electrons. The number of pyridine rings is 1. The lowest BCUT2D eigenvalue weighted by molar-refractivity contribution is -0.167. The molecule has 2 N–H and O–H groups in total. The number of carbonyl (C=O) groups is 2. The molecule has 0 spiro atoms. The van der Waals surface area contributed by atoms with Crippen molar-refractivity contribution in [3.8, 4) is 0 Å². The Balaban J connectivity index is 2.32. The van der Waals surface area contributed by atoms with Gasteiger partial charge in [-0.15, -0.1) is 0 Å². The monoisotopic (exact) mass is 391 g/mol. The molecule has 132 valence electrons. The van der Waals surface area contributed by atoms with E-state index in [1.807, 2.05) is 6.92 Å². The van der Waals surface area contributed by atoms with Gasteiger partial charge in [0.2, 0.25) is 0 Å². The van der Waals surface area contributed by atoms with Gasteiger partial charge in [-0.25, -0.2) is 4.98 Å². The van der Waals surface area contributed by atoms with E-state index in [-0.39, 0.29) is 21.6 Å². The van der Waals surface area contributed by atoms with Crippen molar-refractivity contribution in [1.82, 2.24) is 4.98 Å². The first-order valence-electron chi connectivity index (χ1n) is 6.70. The van der Waals surface area contributed by atoms with E-state index in [0.29, 0.717) is 0 Å². The minimum atomic E-state index is -5.12. The summed E-state index contributed by atoms with van der Waals surface area (Å²) < 4.78 is 37.3. The van der Waals surface area contributed by atoms with Crippen LogP contribution in [0.1, 0.15) is 15.9 Å². The quantitative estimate of drug-likeness (QED) is 0.759. The fourth-order valence-corrected chi connectivity index (χ4v) is 2.03. The average Bonchev–Trinajstić information content (AvgIpc) is 2.51. The Labute approximate surface area is 150 Å². The van der Waals surface area contributed by atoms with E-state index in [1.54, 1.807) is 17.4 Å². The van der Waals surface area contributed by atoms with Gasteiger partial charge in [-0.2, -0.15) is 13.2 Å². The fraction of sp³-hybridized carbons (Fsp3) is 0.133. The molecule has 0 fully saturated rings. The summed E-state index contributed by atoms with van der Waals surface area (Å²) in [4.78, 5) is 27.0. The highest BCUT2D eigenvalue weighted by Crippen LogP contribution is 2.31. The molecule has 2 amide bonds. The molecule has 0 aliphatic rings. The number of alkyl halides is 3. The SMILES string of the molecule is Cc1ccc(C(=O)Nc2nc(Cl)c(Cl)cc2NC(=O)C(F)(F)F)cc1. The first-order valence-corrected chi connectivity index (χ1v) is 7.46. The highest BCUT2D eigenvalue weighted by Gasteiger charge is 2.39. The zero-order chi connectivity index (χ0) is 18.8. The van der Waals surface area contributed by atoms with Crippen molar-refractivity contribution in [1.29, 1.82) is 0 Å². The third-order valence-electron chi connectivity index (χ3n) is 2.98. The minimum absolute atomic E-state index is 0.188. The summed E-state index contributed by atoms with van der Waals surface area (Å²) in [5, 5.41) is 3.46. The number of hydrogen-bond acceptors (Lipinski definition) is 3. The molecule has 10 heteroatoms. The van der Waals surface area contributed by atoms with Gasteiger partial charge in [-0.3, -0.25) is 9.59 Å². The van der Waals surface area contributed by atoms with Crippen LogP contribution in [-0.2, 0) is 4.79 Å². The number of anilines is 2. The zero-order valence-electron chi connectivity index (χ0n) is 12.5. The Bertz CT molecular complexity index is 824. The summed E-state index contributed by atoms with van der Waals surface area (Å²) in [5.41, 5.74) is 0.728. The summed E-state index contributed by atoms with van der Waals surface area (Å²) >= 11 is 11.4. The van der Waals surface area contributed by atoms with Gasteiger partial charge in [0, 0.05) is 5.56 Å². The Morgan fingerprint density at radius 1 is 1.08 bits per heavy atom. The number of amides is 2. The van der Waals surface area contributed by atoms with E-state index < -0.39 is 23.7 Å². The molecular formula is C15H10Cl2F3N3O2. The van der Waals surface area contributed by atoms with E-state index in [4.69, 9.17) is 23.2 Å². The number of nitrogens with zero attached hydrogens (tertiary/aromatic N) is 1. The smallest absolute Gasteiger partial charge is 0.315 e. The molecule has 0 aliphatic carbocycles. The number of aryl methyl sites for hydroxylation is 1. The molecule has 1 aromatic heterocycles. The van der Waals surface area contributed by atoms with E-state index in [1.165, 1.54) is 12.1 Å². The van der Waals surface area contributed by atoms with Crippen molar-refractivity contribution in [3.63, 3.8) is 0 Å². The number of aromatic nitrogens is 1. The summed E-state index contributed by atoms with van der Waals surface area (Å²) in [5.74, 6) is -3.25. The number of benzene rings is 1. The maximum atomic E-state index is 12.4. The van der Waals surface area contributed by atoms with Crippen molar-refractivity contribution in [3.05, 3.63) is 51.6 Å². The summed E-state index contributed by atoms with van der Waals surface area (Å²) in [6, 6.07) is 7.38. The van der Waals surface area contributed by atoms with Gasteiger partial charge in [0.25, 0.3) is 5.91 Å². The van der Waals surface area contributed by atoms with Crippen LogP contribution in [0.15, 0.2) is 30.3 Å². The predicted octanol–water partition coefficient (Wildman–Crippen LogP) is 4.45. The van der Waals surface area contributed by atoms with Gasteiger partial charge >= 0.3 is 12.1 Å². The summed E-state index contributed by atoms with van der Waals surface area (Å²) in [6.45, 7) is 1.83. The van der Waals surface area contributed by atoms with Gasteiger partial charge in [-0.05, 0) is 25.1 Å². The van der Waals surface area contributed by atoms with Crippen LogP contribution in [0.25, 0.3) is 0 Å². The molecule has 2 rings (SSSR count). The second-order valence-corrected chi connectivity index (χ2v) is 5.69. The highest BCUT2D eigenvalue weighted by atomic mass is 35.5. The molecule has 0 bridgehead atoms. The maximum Gasteiger partial charge on any atom is 0.471 e. The number of hydrogen-bond donors (Lipinski definition) is 2. The molecule has 0 saturated carbocycles. The predicted molar refractivity (Wildman–Crippen MR) is 88.1 cm³/mol. The number of carbonyl (C=O) groups excluding carboxylic acids is 2. The molecule has 0 atom stereocenters. The van der Waals surface area contributed by atoms with Gasteiger partial charge in [0.05, 0.1) is 10.7 Å². The molecule has 1 aromatic carbocycles. The number of rotatable bonds is 3. The third-order valence-corrected chi connectivity index (χ3v) is 3.66. The molecule has 2 aromatic rings. The van der Waals surface area contributed by atoms with E-state index in [9.17, 15) is 22.8 Å². The molecule has 0 aliphatic heterocycles. The van der Waals surface area contributed by atoms with Crippen LogP contribution in [0.3, 0.4) is 0 Å². The fourth-order valence-electron chi connectivity index (χ4n) is 1.73. The Morgan fingerprint density at radius 3 is 2.24 bits per heavy atom. The first-order chi connectivity index (χ1) is 11.6. The van der Waals surface area contributed by atoms with Crippen LogP contribution in [-0.4, -0.2) is 23.0 Å². The van der Waals surface area contributed by atoms with E-state index in [2.05, 4.69) is 10.3 Å². The lowest BCUT2D eigenvalue weighted by Crippen LogP contribution is -2.30. The van der Waals surface area contributed by atoms with Gasteiger partial charge in [0.15, 0.2) is 5.82 Å². The molecule has 1 heterocycles. The average molecular weight is 392 g/mol. The second kappa shape index (κ2) is 7.28. The topological polar surface area (TPSA) is 71.1 Å². The van der Waals surface area contributed by atoms with Crippen molar-refractivity contribution in [2.75, 3.05) is 10.6 Å². The summed E-state index contributed by atoms with van der Waals surface area (Å²) in [6.07, 6.45) is -5.12. The Kier molecular flexibility index (Phi) is 5.54. The lowest BCUT2D eigenvalue weighted by Gasteiger charge is -2.14. The standard InChI is InChI=1S/C15H10Cl2F3N3O2/c1-7-2-4-8(5-3-7)13(24)23-12-10(6-9(16)11(17)22-12)21-14(25)15(18,19)20/h2-6H,1H3,(H,21,25)(H,22,23,24). The molecule has 25 heavy (non-hydrogen) atoms. The van der Waals surface area contributed by atoms with Crippen LogP contribution >= 0.6 is 23.2 Å². The van der Waals surface area contributed by atoms with Crippen molar-refractivity contribution in [2.45, 2.75) is 13.1 Å². The highest BCUT2D eigenvalue weighted by molar-refractivity contribution is 6.41. The number of halogens is 5. The Morgan fingerprint density at radius 2 is 1.68 bits per heavy atom. The molecule has 0 unspecified atom stereocenters. The molecule has 5 nitrogen and oxygen atoms in total. The van der Waals surface area contributed by atoms with Crippen LogP contribution in [0, 0.1) is 6.92 Å². The van der Waals surface area contributed by atoms with Crippen LogP contribution < -0.4 is 10.6 Å². The van der Waals surface area contributed by atoms with Gasteiger partial charge in [0.1, 0.15) is 5.15 Å². The number of nitrogens with one attached hydrogen (secondary N) is 2. The van der Waals surface area contributed by atoms with Crippen LogP contribution in [0.2, 0.25) is 10.2 Å². The van der Waals surface area contributed by atoms with E-state index >= 15 is 0 Å². The third kappa shape index (κ3) is 4.83. The maximum absolute atomic E-state index is 12.4. The van der Waals surface area contributed by atoms with Crippen LogP contribution in [0.5, 0.6) is 0 Å². The van der Waals surface area contributed by atoms with Crippen molar-refractivity contribution < 1.29 is 22.8 Å². The van der Waals surface area contributed by atoms with Crippen LogP contribution in [0.4, 0.5) is 24.7 Å². The zero-order valence-corrected chi connectivity index (χ0v) is 14.1. The molecule has 0 saturated heterocycles. The van der Waals surface area contributed by atoms with E-state index in [0.717, 1.165) is 11.6 Å².